The molecule has 0 aromatic heterocycles. The summed E-state index contributed by atoms with van der Waals surface area (Å²) in [5.41, 5.74) is 4.62. The molecular formula is C22H30O7. The number of carbonyl (C=O) groups excluding carboxylic acids is 1. The van der Waals surface area contributed by atoms with Gasteiger partial charge in [-0.1, -0.05) is 19.9 Å². The van der Waals surface area contributed by atoms with Crippen LogP contribution in [0.3, 0.4) is 0 Å². The number of benzene rings is 1. The summed E-state index contributed by atoms with van der Waals surface area (Å²) >= 11 is 0. The van der Waals surface area contributed by atoms with Crippen molar-refractivity contribution in [1.29, 1.82) is 0 Å². The number of aryl methyl sites for hydroxylation is 1. The van der Waals surface area contributed by atoms with Crippen molar-refractivity contribution in [3.05, 3.63) is 33.9 Å². The Morgan fingerprint density at radius 3 is 2.55 bits per heavy atom. The maximum Gasteiger partial charge on any atom is 0.203 e. The molecule has 29 heavy (non-hydrogen) atoms. The Kier molecular flexibility index (Phi) is 4.93. The average Bonchev–Trinajstić information content (AvgIpc) is 3.15. The Hall–Kier alpha value is -1.35. The summed E-state index contributed by atoms with van der Waals surface area (Å²) in [7, 11) is 0. The second kappa shape index (κ2) is 6.83. The van der Waals surface area contributed by atoms with Gasteiger partial charge in [0, 0.05) is 11.0 Å². The van der Waals surface area contributed by atoms with Gasteiger partial charge in [0.1, 0.15) is 18.3 Å². The van der Waals surface area contributed by atoms with Gasteiger partial charge in [-0.3, -0.25) is 4.79 Å². The van der Waals surface area contributed by atoms with E-state index < -0.39 is 42.7 Å². The molecule has 1 aromatic rings. The van der Waals surface area contributed by atoms with Crippen LogP contribution in [0.5, 0.6) is 0 Å². The van der Waals surface area contributed by atoms with Crippen LogP contribution in [-0.4, -0.2) is 69.6 Å². The smallest absolute Gasteiger partial charge is 0.203 e. The Balaban J connectivity index is 1.50. The number of ether oxygens (including phenoxy) is 2. The molecule has 4 N–H and O–H groups in total. The van der Waals surface area contributed by atoms with Gasteiger partial charge >= 0.3 is 0 Å². The summed E-state index contributed by atoms with van der Waals surface area (Å²) in [5.74, 6) is -1.98. The van der Waals surface area contributed by atoms with Gasteiger partial charge in [0.2, 0.25) is 5.79 Å². The maximum absolute atomic E-state index is 12.8. The van der Waals surface area contributed by atoms with E-state index in [0.717, 1.165) is 34.2 Å². The number of hydrogen-bond acceptors (Lipinski definition) is 7. The maximum atomic E-state index is 12.8. The number of fused-ring (bicyclic) bond motifs is 2. The van der Waals surface area contributed by atoms with Crippen molar-refractivity contribution in [1.82, 2.24) is 0 Å². The lowest BCUT2D eigenvalue weighted by Gasteiger charge is -2.35. The summed E-state index contributed by atoms with van der Waals surface area (Å²) in [6, 6.07) is 2.08. The highest BCUT2D eigenvalue weighted by atomic mass is 16.7. The first-order valence-electron chi connectivity index (χ1n) is 10.2. The van der Waals surface area contributed by atoms with Crippen LogP contribution < -0.4 is 0 Å². The first-order valence-corrected chi connectivity index (χ1v) is 10.2. The third kappa shape index (κ3) is 2.99. The normalized spacial score (nSPS) is 37.4. The van der Waals surface area contributed by atoms with Gasteiger partial charge in [0.05, 0.1) is 25.2 Å². The highest BCUT2D eigenvalue weighted by molar-refractivity contribution is 6.06. The third-order valence-electron chi connectivity index (χ3n) is 6.89. The van der Waals surface area contributed by atoms with E-state index >= 15 is 0 Å². The van der Waals surface area contributed by atoms with Gasteiger partial charge in [0.15, 0.2) is 5.78 Å². The van der Waals surface area contributed by atoms with Crippen LogP contribution in [0.15, 0.2) is 6.07 Å². The number of carbonyl (C=O) groups is 1. The molecule has 0 bridgehead atoms. The number of aliphatic hydroxyl groups is 4. The quantitative estimate of drug-likeness (QED) is 0.560. The molecule has 0 spiro atoms. The lowest BCUT2D eigenvalue weighted by molar-refractivity contribution is -0.276. The van der Waals surface area contributed by atoms with Crippen LogP contribution in [-0.2, 0) is 22.3 Å². The molecule has 4 unspecified atom stereocenters. The Morgan fingerprint density at radius 1 is 1.21 bits per heavy atom. The van der Waals surface area contributed by atoms with Gasteiger partial charge in [-0.25, -0.2) is 0 Å². The number of hydrogen-bond donors (Lipinski definition) is 4. The van der Waals surface area contributed by atoms with Crippen molar-refractivity contribution in [2.75, 3.05) is 13.2 Å². The molecule has 1 saturated carbocycles. The Morgan fingerprint density at radius 2 is 1.90 bits per heavy atom. The second-order valence-electron chi connectivity index (χ2n) is 9.33. The van der Waals surface area contributed by atoms with Gasteiger partial charge in [0.25, 0.3) is 0 Å². The van der Waals surface area contributed by atoms with Crippen molar-refractivity contribution in [3.63, 3.8) is 0 Å². The molecule has 7 heteroatoms. The number of rotatable bonds is 5. The highest BCUT2D eigenvalue weighted by Crippen LogP contribution is 2.55. The van der Waals surface area contributed by atoms with E-state index in [1.54, 1.807) is 0 Å². The summed E-state index contributed by atoms with van der Waals surface area (Å²) in [6.45, 7) is 7.66. The van der Waals surface area contributed by atoms with Crippen molar-refractivity contribution >= 4 is 5.78 Å². The molecule has 2 aliphatic carbocycles. The van der Waals surface area contributed by atoms with E-state index in [1.165, 1.54) is 0 Å². The molecule has 0 radical (unpaired) electrons. The predicted octanol–water partition coefficient (Wildman–Crippen LogP) is 0.427. The van der Waals surface area contributed by atoms with Crippen LogP contribution in [0.2, 0.25) is 0 Å². The fourth-order valence-electron chi connectivity index (χ4n) is 5.18. The standard InChI is InChI=1S/C22H30O7/c1-10-7-12-8-21(3,4)19(26)15(12)11(2)13(10)5-6-28-22-16(20(22)27)18(25)17(24)14(9-23)29-22/h7,14,16-18,20,23-25,27H,5-6,8-9H2,1-4H3/t14?,16-,17+,18?,20?,22?/m0/s1. The zero-order chi connectivity index (χ0) is 21.3. The van der Waals surface area contributed by atoms with E-state index in [-0.39, 0.29) is 17.8 Å². The summed E-state index contributed by atoms with van der Waals surface area (Å²) in [4.78, 5) is 12.8. The fraction of sp³-hybridized carbons (Fsp3) is 0.682. The predicted molar refractivity (Wildman–Crippen MR) is 104 cm³/mol. The molecule has 2 fully saturated rings. The van der Waals surface area contributed by atoms with E-state index in [2.05, 4.69) is 6.07 Å². The molecule has 0 amide bonds. The molecule has 160 valence electrons. The van der Waals surface area contributed by atoms with Crippen LogP contribution in [0.1, 0.15) is 46.5 Å². The summed E-state index contributed by atoms with van der Waals surface area (Å²) in [5, 5.41) is 39.8. The Bertz CT molecular complexity index is 846. The number of aliphatic hydroxyl groups excluding tert-OH is 4. The fourth-order valence-corrected chi connectivity index (χ4v) is 5.18. The molecule has 1 saturated heterocycles. The SMILES string of the molecule is Cc1cc2c(c(C)c1CCOC13OC(CO)[C@@H](O)C(O)[C@H]1C3O)C(=O)C(C)(C)C2. The molecule has 1 aromatic carbocycles. The minimum Gasteiger partial charge on any atom is -0.394 e. The summed E-state index contributed by atoms with van der Waals surface area (Å²) < 4.78 is 11.5. The van der Waals surface area contributed by atoms with Crippen molar-refractivity contribution in [3.8, 4) is 0 Å². The lowest BCUT2D eigenvalue weighted by atomic mass is 9.88. The molecule has 1 aliphatic heterocycles. The third-order valence-corrected chi connectivity index (χ3v) is 6.89. The van der Waals surface area contributed by atoms with Crippen LogP contribution in [0.4, 0.5) is 0 Å². The van der Waals surface area contributed by atoms with Crippen molar-refractivity contribution < 1.29 is 34.7 Å². The average molecular weight is 406 g/mol. The zero-order valence-corrected chi connectivity index (χ0v) is 17.3. The van der Waals surface area contributed by atoms with Crippen LogP contribution in [0.25, 0.3) is 0 Å². The van der Waals surface area contributed by atoms with Gasteiger partial charge in [-0.15, -0.1) is 0 Å². The zero-order valence-electron chi connectivity index (χ0n) is 17.3. The minimum absolute atomic E-state index is 0.168. The largest absolute Gasteiger partial charge is 0.394 e. The topological polar surface area (TPSA) is 116 Å². The first-order chi connectivity index (χ1) is 13.5. The highest BCUT2D eigenvalue weighted by Gasteiger charge is 2.75. The van der Waals surface area contributed by atoms with E-state index in [4.69, 9.17) is 9.47 Å². The van der Waals surface area contributed by atoms with Crippen molar-refractivity contribution in [2.45, 2.75) is 70.7 Å². The summed E-state index contributed by atoms with van der Waals surface area (Å²) in [6.07, 6.45) is -3.30. The second-order valence-corrected chi connectivity index (χ2v) is 9.33. The van der Waals surface area contributed by atoms with E-state index in [9.17, 15) is 25.2 Å². The van der Waals surface area contributed by atoms with Crippen molar-refractivity contribution in [2.24, 2.45) is 11.3 Å². The van der Waals surface area contributed by atoms with Gasteiger partial charge < -0.3 is 29.9 Å². The Labute approximate surface area is 170 Å². The molecule has 7 nitrogen and oxygen atoms in total. The minimum atomic E-state index is -1.40. The van der Waals surface area contributed by atoms with E-state index in [0.29, 0.717) is 6.42 Å². The molecule has 3 aliphatic rings. The molecule has 1 heterocycles. The van der Waals surface area contributed by atoms with Gasteiger partial charge in [-0.05, 0) is 48.9 Å². The van der Waals surface area contributed by atoms with E-state index in [1.807, 2.05) is 27.7 Å². The van der Waals surface area contributed by atoms with Crippen LogP contribution in [0, 0.1) is 25.2 Å². The molecule has 4 rings (SSSR count). The number of Topliss-reactive ketones (excluding diaryl/α,β-unsaturated/α-hetero) is 1. The number of ketones is 1. The first kappa shape index (κ1) is 20.9. The van der Waals surface area contributed by atoms with Gasteiger partial charge in [-0.2, -0.15) is 0 Å². The monoisotopic (exact) mass is 406 g/mol. The molecule has 6 atom stereocenters. The lowest BCUT2D eigenvalue weighted by Crippen LogP contribution is -2.51. The van der Waals surface area contributed by atoms with Crippen LogP contribution >= 0.6 is 0 Å². The molecular weight excluding hydrogens is 376 g/mol.